The number of carbonyl (C=O) groups excluding carboxylic acids is 1. The van der Waals surface area contributed by atoms with Gasteiger partial charge in [-0.1, -0.05) is 18.2 Å². The molecule has 5 nitrogen and oxygen atoms in total. The standard InChI is InChI=1S/C18H24N2O3/c19-8-3-11-22-16-6-9-20(10-7-16)18(21)15-12-14-4-1-2-5-17(14)23-13-15/h1-2,4-5,12,16H,3,6-11,13,19H2. The summed E-state index contributed by atoms with van der Waals surface area (Å²) in [5.41, 5.74) is 7.17. The minimum atomic E-state index is 0.0833. The fourth-order valence-corrected chi connectivity index (χ4v) is 3.00. The Labute approximate surface area is 137 Å². The first-order chi connectivity index (χ1) is 11.3. The Kier molecular flexibility index (Phi) is 5.31. The van der Waals surface area contributed by atoms with Gasteiger partial charge in [0.1, 0.15) is 12.4 Å². The van der Waals surface area contributed by atoms with Crippen LogP contribution in [0.2, 0.25) is 0 Å². The minimum Gasteiger partial charge on any atom is -0.488 e. The van der Waals surface area contributed by atoms with E-state index in [9.17, 15) is 4.79 Å². The van der Waals surface area contributed by atoms with Crippen LogP contribution in [0.15, 0.2) is 29.8 Å². The number of ether oxygens (including phenoxy) is 2. The largest absolute Gasteiger partial charge is 0.488 e. The van der Waals surface area contributed by atoms with Crippen LogP contribution in [-0.2, 0) is 9.53 Å². The summed E-state index contributed by atoms with van der Waals surface area (Å²) in [7, 11) is 0. The number of fused-ring (bicyclic) bond motifs is 1. The quantitative estimate of drug-likeness (QED) is 0.842. The predicted octanol–water partition coefficient (Wildman–Crippen LogP) is 1.82. The molecular weight excluding hydrogens is 292 g/mol. The molecule has 3 rings (SSSR count). The fourth-order valence-electron chi connectivity index (χ4n) is 3.00. The van der Waals surface area contributed by atoms with E-state index in [1.807, 2.05) is 35.2 Å². The van der Waals surface area contributed by atoms with Crippen molar-refractivity contribution in [1.82, 2.24) is 4.90 Å². The van der Waals surface area contributed by atoms with Crippen molar-refractivity contribution >= 4 is 12.0 Å². The molecular formula is C18H24N2O3. The molecule has 0 unspecified atom stereocenters. The highest BCUT2D eigenvalue weighted by Crippen LogP contribution is 2.27. The summed E-state index contributed by atoms with van der Waals surface area (Å²) in [6.07, 6.45) is 4.87. The number of likely N-dealkylation sites (tertiary alicyclic amines) is 1. The van der Waals surface area contributed by atoms with Crippen molar-refractivity contribution in [2.45, 2.75) is 25.4 Å². The van der Waals surface area contributed by atoms with Crippen LogP contribution in [0.25, 0.3) is 6.08 Å². The number of amides is 1. The number of carbonyl (C=O) groups is 1. The lowest BCUT2D eigenvalue weighted by atomic mass is 10.0. The van der Waals surface area contributed by atoms with Gasteiger partial charge in [0.05, 0.1) is 11.7 Å². The SMILES string of the molecule is NCCCOC1CCN(C(=O)C2=Cc3ccccc3OC2)CC1. The summed E-state index contributed by atoms with van der Waals surface area (Å²) < 4.78 is 11.5. The molecule has 0 aliphatic carbocycles. The summed E-state index contributed by atoms with van der Waals surface area (Å²) in [5.74, 6) is 0.927. The van der Waals surface area contributed by atoms with E-state index in [-0.39, 0.29) is 12.0 Å². The van der Waals surface area contributed by atoms with Crippen LogP contribution >= 0.6 is 0 Å². The Morgan fingerprint density at radius 1 is 1.30 bits per heavy atom. The molecule has 23 heavy (non-hydrogen) atoms. The molecule has 0 aromatic heterocycles. The lowest BCUT2D eigenvalue weighted by Crippen LogP contribution is -2.42. The molecule has 2 aliphatic heterocycles. The number of hydrogen-bond donors (Lipinski definition) is 1. The number of benzene rings is 1. The zero-order chi connectivity index (χ0) is 16.1. The van der Waals surface area contributed by atoms with Crippen LogP contribution in [0.5, 0.6) is 5.75 Å². The molecule has 0 spiro atoms. The first-order valence-electron chi connectivity index (χ1n) is 8.31. The van der Waals surface area contributed by atoms with E-state index in [0.717, 1.165) is 49.2 Å². The summed E-state index contributed by atoms with van der Waals surface area (Å²) in [6.45, 7) is 3.21. The molecule has 2 aliphatic rings. The minimum absolute atomic E-state index is 0.0833. The highest BCUT2D eigenvalue weighted by molar-refractivity contribution is 5.99. The maximum Gasteiger partial charge on any atom is 0.253 e. The molecule has 0 saturated carbocycles. The highest BCUT2D eigenvalue weighted by Gasteiger charge is 2.26. The van der Waals surface area contributed by atoms with Gasteiger partial charge in [-0.2, -0.15) is 0 Å². The van der Waals surface area contributed by atoms with E-state index in [1.54, 1.807) is 0 Å². The van der Waals surface area contributed by atoms with Crippen molar-refractivity contribution in [3.05, 3.63) is 35.4 Å². The predicted molar refractivity (Wildman–Crippen MR) is 89.1 cm³/mol. The summed E-state index contributed by atoms with van der Waals surface area (Å²) in [6, 6.07) is 7.79. The summed E-state index contributed by atoms with van der Waals surface area (Å²) in [5, 5.41) is 0. The molecule has 0 atom stereocenters. The summed E-state index contributed by atoms with van der Waals surface area (Å²) >= 11 is 0. The Morgan fingerprint density at radius 2 is 2.09 bits per heavy atom. The molecule has 5 heteroatoms. The molecule has 2 heterocycles. The molecule has 1 aromatic rings. The second-order valence-corrected chi connectivity index (χ2v) is 6.00. The first-order valence-corrected chi connectivity index (χ1v) is 8.31. The number of nitrogens with two attached hydrogens (primary N) is 1. The fraction of sp³-hybridized carbons (Fsp3) is 0.500. The van der Waals surface area contributed by atoms with Crippen LogP contribution in [0.3, 0.4) is 0 Å². The van der Waals surface area contributed by atoms with Gasteiger partial charge in [0.2, 0.25) is 0 Å². The molecule has 1 amide bonds. The van der Waals surface area contributed by atoms with E-state index in [4.69, 9.17) is 15.2 Å². The smallest absolute Gasteiger partial charge is 0.253 e. The number of piperidine rings is 1. The molecule has 0 radical (unpaired) electrons. The zero-order valence-corrected chi connectivity index (χ0v) is 13.4. The topological polar surface area (TPSA) is 64.8 Å². The van der Waals surface area contributed by atoms with Crippen LogP contribution in [-0.4, -0.2) is 49.8 Å². The Morgan fingerprint density at radius 3 is 2.87 bits per heavy atom. The van der Waals surface area contributed by atoms with Crippen LogP contribution in [0.4, 0.5) is 0 Å². The van der Waals surface area contributed by atoms with Crippen LogP contribution in [0.1, 0.15) is 24.8 Å². The number of rotatable bonds is 5. The third-order valence-electron chi connectivity index (χ3n) is 4.34. The Balaban J connectivity index is 1.55. The van der Waals surface area contributed by atoms with Crippen molar-refractivity contribution in [2.75, 3.05) is 32.8 Å². The van der Waals surface area contributed by atoms with Crippen molar-refractivity contribution < 1.29 is 14.3 Å². The molecule has 1 aromatic carbocycles. The van der Waals surface area contributed by atoms with Gasteiger partial charge in [-0.15, -0.1) is 0 Å². The number of para-hydroxylation sites is 1. The van der Waals surface area contributed by atoms with Gasteiger partial charge < -0.3 is 20.1 Å². The van der Waals surface area contributed by atoms with Gasteiger partial charge in [0.25, 0.3) is 5.91 Å². The molecule has 2 N–H and O–H groups in total. The average Bonchev–Trinajstić information content (AvgIpc) is 2.61. The maximum atomic E-state index is 12.7. The van der Waals surface area contributed by atoms with Crippen molar-refractivity contribution in [3.8, 4) is 5.75 Å². The van der Waals surface area contributed by atoms with E-state index in [2.05, 4.69) is 0 Å². The molecule has 0 bridgehead atoms. The zero-order valence-electron chi connectivity index (χ0n) is 13.4. The first kappa shape index (κ1) is 16.0. The maximum absolute atomic E-state index is 12.7. The third kappa shape index (κ3) is 3.92. The van der Waals surface area contributed by atoms with Crippen molar-refractivity contribution in [3.63, 3.8) is 0 Å². The number of hydrogen-bond acceptors (Lipinski definition) is 4. The van der Waals surface area contributed by atoms with Crippen LogP contribution < -0.4 is 10.5 Å². The van der Waals surface area contributed by atoms with Gasteiger partial charge in [0.15, 0.2) is 0 Å². The van der Waals surface area contributed by atoms with E-state index in [1.165, 1.54) is 0 Å². The number of nitrogens with zero attached hydrogens (tertiary/aromatic N) is 1. The lowest BCUT2D eigenvalue weighted by Gasteiger charge is -2.33. The van der Waals surface area contributed by atoms with Gasteiger partial charge in [-0.25, -0.2) is 0 Å². The van der Waals surface area contributed by atoms with Gasteiger partial charge in [0, 0.05) is 25.3 Å². The second kappa shape index (κ2) is 7.62. The monoisotopic (exact) mass is 316 g/mol. The van der Waals surface area contributed by atoms with Gasteiger partial charge >= 0.3 is 0 Å². The van der Waals surface area contributed by atoms with Crippen molar-refractivity contribution in [2.24, 2.45) is 5.73 Å². The lowest BCUT2D eigenvalue weighted by molar-refractivity contribution is -0.130. The Hall–Kier alpha value is -1.85. The average molecular weight is 316 g/mol. The van der Waals surface area contributed by atoms with E-state index >= 15 is 0 Å². The third-order valence-corrected chi connectivity index (χ3v) is 4.34. The molecule has 1 fully saturated rings. The van der Waals surface area contributed by atoms with Gasteiger partial charge in [-0.05, 0) is 37.9 Å². The molecule has 1 saturated heterocycles. The van der Waals surface area contributed by atoms with Crippen LogP contribution in [0, 0.1) is 0 Å². The van der Waals surface area contributed by atoms with Gasteiger partial charge in [-0.3, -0.25) is 4.79 Å². The molecule has 124 valence electrons. The van der Waals surface area contributed by atoms with E-state index < -0.39 is 0 Å². The summed E-state index contributed by atoms with van der Waals surface area (Å²) in [4.78, 5) is 14.6. The second-order valence-electron chi connectivity index (χ2n) is 6.00. The van der Waals surface area contributed by atoms with Crippen molar-refractivity contribution in [1.29, 1.82) is 0 Å². The highest BCUT2D eigenvalue weighted by atomic mass is 16.5. The van der Waals surface area contributed by atoms with E-state index in [0.29, 0.717) is 19.8 Å². The normalized spacial score (nSPS) is 18.1. The Bertz CT molecular complexity index is 577.